The number of hydrogen-bond donors (Lipinski definition) is 1. The van der Waals surface area contributed by atoms with Crippen LogP contribution in [-0.2, 0) is 6.18 Å². The van der Waals surface area contributed by atoms with E-state index in [1.54, 1.807) is 0 Å². The molecule has 5 nitrogen and oxygen atoms in total. The number of carbonyl (C=O) groups excluding carboxylic acids is 1. The first-order valence-corrected chi connectivity index (χ1v) is 7.29. The van der Waals surface area contributed by atoms with E-state index in [1.165, 1.54) is 19.1 Å². The molecule has 0 saturated heterocycles. The Bertz CT molecular complexity index is 980. The fourth-order valence-electron chi connectivity index (χ4n) is 2.46. The van der Waals surface area contributed by atoms with Crippen molar-refractivity contribution in [3.63, 3.8) is 0 Å². The second kappa shape index (κ2) is 6.36. The molecule has 2 heterocycles. The van der Waals surface area contributed by atoms with Gasteiger partial charge in [-0.1, -0.05) is 12.1 Å². The molecule has 0 saturated carbocycles. The van der Waals surface area contributed by atoms with E-state index in [0.29, 0.717) is 0 Å². The summed E-state index contributed by atoms with van der Waals surface area (Å²) in [5.74, 6) is -0.935. The average Bonchev–Trinajstić information content (AvgIpc) is 2.97. The van der Waals surface area contributed by atoms with Crippen LogP contribution in [0.2, 0.25) is 0 Å². The standard InChI is InChI=1S/C16H11F5N4O/c1-8-6-12(13(17)18)25-14(23-8)9(7-22-25)15(26)24-11-5-3-2-4-10(11)16(19,20)21/h2-7,13H,1H3,(H,24,26). The number of fused-ring (bicyclic) bond motifs is 1. The molecular weight excluding hydrogens is 359 g/mol. The smallest absolute Gasteiger partial charge is 0.321 e. The van der Waals surface area contributed by atoms with Crippen molar-refractivity contribution < 1.29 is 26.7 Å². The molecule has 1 aromatic carbocycles. The Balaban J connectivity index is 2.03. The van der Waals surface area contributed by atoms with E-state index in [4.69, 9.17) is 0 Å². The Hall–Kier alpha value is -3.04. The van der Waals surface area contributed by atoms with Crippen molar-refractivity contribution in [2.45, 2.75) is 19.5 Å². The van der Waals surface area contributed by atoms with Crippen molar-refractivity contribution in [1.29, 1.82) is 0 Å². The van der Waals surface area contributed by atoms with Crippen LogP contribution in [-0.4, -0.2) is 20.5 Å². The summed E-state index contributed by atoms with van der Waals surface area (Å²) in [7, 11) is 0. The van der Waals surface area contributed by atoms with Crippen LogP contribution >= 0.6 is 0 Å². The molecule has 26 heavy (non-hydrogen) atoms. The molecule has 3 aromatic rings. The van der Waals surface area contributed by atoms with Gasteiger partial charge in [0.2, 0.25) is 0 Å². The minimum Gasteiger partial charge on any atom is -0.321 e. The number of alkyl halides is 5. The molecule has 0 aliphatic heterocycles. The molecule has 0 fully saturated rings. The van der Waals surface area contributed by atoms with E-state index < -0.39 is 35.5 Å². The van der Waals surface area contributed by atoms with Gasteiger partial charge in [0.25, 0.3) is 12.3 Å². The van der Waals surface area contributed by atoms with Crippen LogP contribution < -0.4 is 5.32 Å². The normalized spacial score (nSPS) is 12.0. The number of aromatic nitrogens is 3. The molecule has 1 N–H and O–H groups in total. The molecule has 1 amide bonds. The van der Waals surface area contributed by atoms with E-state index in [1.807, 2.05) is 0 Å². The molecule has 136 valence electrons. The quantitative estimate of drug-likeness (QED) is 0.702. The molecule has 0 spiro atoms. The Morgan fingerprint density at radius 2 is 1.92 bits per heavy atom. The van der Waals surface area contributed by atoms with E-state index >= 15 is 0 Å². The molecule has 3 rings (SSSR count). The number of para-hydroxylation sites is 1. The summed E-state index contributed by atoms with van der Waals surface area (Å²) < 4.78 is 66.1. The van der Waals surface area contributed by atoms with E-state index in [-0.39, 0.29) is 16.9 Å². The second-order valence-electron chi connectivity index (χ2n) is 5.41. The lowest BCUT2D eigenvalue weighted by atomic mass is 10.1. The SMILES string of the molecule is Cc1cc(C(F)F)n2ncc(C(=O)Nc3ccccc3C(F)(F)F)c2n1. The van der Waals surface area contributed by atoms with Crippen LogP contribution in [0.25, 0.3) is 5.65 Å². The molecule has 0 unspecified atom stereocenters. The number of hydrogen-bond acceptors (Lipinski definition) is 3. The van der Waals surface area contributed by atoms with E-state index in [0.717, 1.165) is 28.9 Å². The summed E-state index contributed by atoms with van der Waals surface area (Å²) in [6, 6.07) is 5.55. The first-order valence-electron chi connectivity index (χ1n) is 7.29. The number of nitrogens with one attached hydrogen (secondary N) is 1. The van der Waals surface area contributed by atoms with E-state index in [2.05, 4.69) is 15.4 Å². The zero-order chi connectivity index (χ0) is 19.1. The highest BCUT2D eigenvalue weighted by molar-refractivity contribution is 6.08. The molecule has 2 aromatic heterocycles. The van der Waals surface area contributed by atoms with Gasteiger partial charge in [0.1, 0.15) is 11.3 Å². The highest BCUT2D eigenvalue weighted by Crippen LogP contribution is 2.34. The number of rotatable bonds is 3. The number of amides is 1. The maximum Gasteiger partial charge on any atom is 0.418 e. The fraction of sp³-hybridized carbons (Fsp3) is 0.188. The van der Waals surface area contributed by atoms with Crippen molar-refractivity contribution in [2.75, 3.05) is 5.32 Å². The Kier molecular flexibility index (Phi) is 4.34. The van der Waals surface area contributed by atoms with Gasteiger partial charge in [-0.3, -0.25) is 4.79 Å². The van der Waals surface area contributed by atoms with Gasteiger partial charge in [0.15, 0.2) is 5.65 Å². The third-order valence-electron chi connectivity index (χ3n) is 3.58. The summed E-state index contributed by atoms with van der Waals surface area (Å²) in [6.07, 6.45) is -6.54. The molecule has 0 aliphatic rings. The minimum absolute atomic E-state index is 0.165. The summed E-state index contributed by atoms with van der Waals surface area (Å²) >= 11 is 0. The van der Waals surface area contributed by atoms with Crippen LogP contribution in [0.1, 0.15) is 33.7 Å². The molecule has 0 radical (unpaired) electrons. The fourth-order valence-corrected chi connectivity index (χ4v) is 2.46. The summed E-state index contributed by atoms with van der Waals surface area (Å²) in [5.41, 5.74) is -2.11. The molecular formula is C16H11F5N4O. The van der Waals surface area contributed by atoms with Crippen LogP contribution in [0.5, 0.6) is 0 Å². The van der Waals surface area contributed by atoms with E-state index in [9.17, 15) is 26.7 Å². The maximum absolute atomic E-state index is 13.1. The summed E-state index contributed by atoms with van der Waals surface area (Å²) in [6.45, 7) is 1.46. The number of benzene rings is 1. The molecule has 0 aliphatic carbocycles. The maximum atomic E-state index is 13.1. The number of aryl methyl sites for hydroxylation is 1. The predicted octanol–water partition coefficient (Wildman–Crippen LogP) is 4.25. The average molecular weight is 370 g/mol. The number of anilines is 1. The monoisotopic (exact) mass is 370 g/mol. The van der Waals surface area contributed by atoms with Crippen molar-refractivity contribution >= 4 is 17.2 Å². The topological polar surface area (TPSA) is 59.3 Å². The van der Waals surface area contributed by atoms with Gasteiger partial charge in [-0.05, 0) is 25.1 Å². The van der Waals surface area contributed by atoms with Gasteiger partial charge in [0, 0.05) is 5.69 Å². The van der Waals surface area contributed by atoms with Crippen molar-refractivity contribution in [3.8, 4) is 0 Å². The van der Waals surface area contributed by atoms with Gasteiger partial charge in [-0.15, -0.1) is 0 Å². The molecule has 0 bridgehead atoms. The third kappa shape index (κ3) is 3.22. The minimum atomic E-state index is -4.66. The van der Waals surface area contributed by atoms with Gasteiger partial charge < -0.3 is 5.32 Å². The van der Waals surface area contributed by atoms with Gasteiger partial charge in [-0.25, -0.2) is 18.3 Å². The third-order valence-corrected chi connectivity index (χ3v) is 3.58. The largest absolute Gasteiger partial charge is 0.418 e. The van der Waals surface area contributed by atoms with Gasteiger partial charge in [0.05, 0.1) is 17.4 Å². The summed E-state index contributed by atoms with van der Waals surface area (Å²) in [5, 5.41) is 5.85. The lowest BCUT2D eigenvalue weighted by Crippen LogP contribution is -2.17. The first kappa shape index (κ1) is 17.8. The predicted molar refractivity (Wildman–Crippen MR) is 82.1 cm³/mol. The number of nitrogens with zero attached hydrogens (tertiary/aromatic N) is 3. The van der Waals surface area contributed by atoms with Crippen LogP contribution in [0.3, 0.4) is 0 Å². The first-order chi connectivity index (χ1) is 12.2. The highest BCUT2D eigenvalue weighted by Gasteiger charge is 2.34. The van der Waals surface area contributed by atoms with Crippen LogP contribution in [0, 0.1) is 6.92 Å². The number of carbonyl (C=O) groups is 1. The van der Waals surface area contributed by atoms with Gasteiger partial charge in [-0.2, -0.15) is 18.3 Å². The lowest BCUT2D eigenvalue weighted by molar-refractivity contribution is -0.136. The van der Waals surface area contributed by atoms with Crippen LogP contribution in [0.4, 0.5) is 27.6 Å². The lowest BCUT2D eigenvalue weighted by Gasteiger charge is -2.13. The second-order valence-corrected chi connectivity index (χ2v) is 5.41. The van der Waals surface area contributed by atoms with Gasteiger partial charge >= 0.3 is 6.18 Å². The highest BCUT2D eigenvalue weighted by atomic mass is 19.4. The number of halogens is 5. The van der Waals surface area contributed by atoms with Crippen molar-refractivity contribution in [2.24, 2.45) is 0 Å². The zero-order valence-electron chi connectivity index (χ0n) is 13.2. The molecule has 0 atom stereocenters. The Morgan fingerprint density at radius 3 is 2.58 bits per heavy atom. The van der Waals surface area contributed by atoms with Crippen molar-refractivity contribution in [1.82, 2.24) is 14.6 Å². The van der Waals surface area contributed by atoms with Crippen molar-refractivity contribution in [3.05, 3.63) is 59.0 Å². The van der Waals surface area contributed by atoms with Crippen LogP contribution in [0.15, 0.2) is 36.5 Å². The Morgan fingerprint density at radius 1 is 1.23 bits per heavy atom. The summed E-state index contributed by atoms with van der Waals surface area (Å²) in [4.78, 5) is 16.4. The zero-order valence-corrected chi connectivity index (χ0v) is 13.2. The Labute approximate surface area is 143 Å². The molecule has 10 heteroatoms.